The van der Waals surface area contributed by atoms with Crippen LogP contribution < -0.4 is 15.4 Å². The number of ether oxygens (including phenoxy) is 3. The summed E-state index contributed by atoms with van der Waals surface area (Å²) in [6, 6.07) is 6.39. The Hall–Kier alpha value is -3.37. The number of urea groups is 1. The molecule has 1 aromatic carbocycles. The molecule has 10 nitrogen and oxygen atoms in total. The van der Waals surface area contributed by atoms with Gasteiger partial charge in [-0.1, -0.05) is 6.07 Å². The third-order valence-corrected chi connectivity index (χ3v) is 5.47. The average Bonchev–Trinajstić information content (AvgIpc) is 3.26. The van der Waals surface area contributed by atoms with Crippen LogP contribution in [0.2, 0.25) is 0 Å². The first-order valence-electron chi connectivity index (χ1n) is 11.2. The van der Waals surface area contributed by atoms with Crippen LogP contribution in [0.25, 0.3) is 0 Å². The lowest BCUT2D eigenvalue weighted by atomic mass is 9.93. The fourth-order valence-electron chi connectivity index (χ4n) is 3.96. The fourth-order valence-corrected chi connectivity index (χ4v) is 3.96. The van der Waals surface area contributed by atoms with Crippen molar-refractivity contribution in [3.05, 3.63) is 58.6 Å². The highest BCUT2D eigenvalue weighted by molar-refractivity contribution is 5.95. The Balaban J connectivity index is 1.96. The van der Waals surface area contributed by atoms with Gasteiger partial charge >= 0.3 is 12.0 Å². The zero-order valence-electron chi connectivity index (χ0n) is 20.4. The standard InChI is InChI=1S/C24H33N5O5/c1-6-29-11-10-18(27-29)13-28(3)14-19-21(23(30)34-7-2)22(26-24(31)25-19)16-8-9-20(33-5)17(12-16)15-32-4/h8-12,22H,6-7,13-15H2,1-5H3,(H2,25,26,31)/t22-/m1/s1. The molecule has 3 rings (SSSR count). The first-order chi connectivity index (χ1) is 16.4. The van der Waals surface area contributed by atoms with Crippen molar-refractivity contribution in [1.82, 2.24) is 25.3 Å². The zero-order valence-corrected chi connectivity index (χ0v) is 20.4. The highest BCUT2D eigenvalue weighted by atomic mass is 16.5. The van der Waals surface area contributed by atoms with Gasteiger partial charge in [-0.3, -0.25) is 9.58 Å². The molecule has 0 unspecified atom stereocenters. The van der Waals surface area contributed by atoms with E-state index < -0.39 is 12.0 Å². The van der Waals surface area contributed by atoms with Crippen LogP contribution in [0.4, 0.5) is 4.79 Å². The maximum absolute atomic E-state index is 13.1. The minimum atomic E-state index is -0.683. The van der Waals surface area contributed by atoms with Crippen molar-refractivity contribution in [3.63, 3.8) is 0 Å². The Kier molecular flexibility index (Phi) is 8.67. The first-order valence-corrected chi connectivity index (χ1v) is 11.2. The SMILES string of the molecule is CCOC(=O)C1=C(CN(C)Cc2ccn(CC)n2)NC(=O)N[C@@H]1c1ccc(OC)c(COC)c1. The number of amides is 2. The fraction of sp³-hybridized carbons (Fsp3) is 0.458. The summed E-state index contributed by atoms with van der Waals surface area (Å²) in [4.78, 5) is 27.7. The number of rotatable bonds is 11. The Morgan fingerprint density at radius 1 is 1.21 bits per heavy atom. The van der Waals surface area contributed by atoms with Crippen LogP contribution in [-0.4, -0.2) is 61.1 Å². The third-order valence-electron chi connectivity index (χ3n) is 5.47. The Labute approximate surface area is 199 Å². The van der Waals surface area contributed by atoms with E-state index in [0.29, 0.717) is 36.7 Å². The number of likely N-dealkylation sites (N-methyl/N-ethyl adjacent to an activating group) is 1. The molecule has 10 heteroatoms. The molecule has 2 heterocycles. The van der Waals surface area contributed by atoms with Gasteiger partial charge in [-0.05, 0) is 44.7 Å². The molecule has 0 saturated heterocycles. The molecule has 0 fully saturated rings. The van der Waals surface area contributed by atoms with E-state index in [1.165, 1.54) is 0 Å². The minimum absolute atomic E-state index is 0.220. The Morgan fingerprint density at radius 3 is 2.65 bits per heavy atom. The summed E-state index contributed by atoms with van der Waals surface area (Å²) in [6.45, 7) is 6.00. The van der Waals surface area contributed by atoms with Crippen molar-refractivity contribution < 1.29 is 23.8 Å². The van der Waals surface area contributed by atoms with E-state index in [2.05, 4.69) is 15.7 Å². The first kappa shape index (κ1) is 25.3. The molecule has 2 amide bonds. The molecule has 1 atom stereocenters. The van der Waals surface area contributed by atoms with Gasteiger partial charge in [0.1, 0.15) is 5.75 Å². The molecule has 0 bridgehead atoms. The second kappa shape index (κ2) is 11.7. The van der Waals surface area contributed by atoms with E-state index in [1.54, 1.807) is 27.2 Å². The number of nitrogens with one attached hydrogen (secondary N) is 2. The van der Waals surface area contributed by atoms with E-state index >= 15 is 0 Å². The number of nitrogens with zero attached hydrogens (tertiary/aromatic N) is 3. The van der Waals surface area contributed by atoms with Crippen LogP contribution in [0.5, 0.6) is 5.75 Å². The molecular formula is C24H33N5O5. The van der Waals surface area contributed by atoms with Gasteiger partial charge < -0.3 is 24.8 Å². The molecule has 0 spiro atoms. The molecule has 1 aromatic heterocycles. The van der Waals surface area contributed by atoms with E-state index in [1.807, 2.05) is 47.9 Å². The summed E-state index contributed by atoms with van der Waals surface area (Å²) in [5.41, 5.74) is 3.30. The van der Waals surface area contributed by atoms with E-state index in [0.717, 1.165) is 23.4 Å². The summed E-state index contributed by atoms with van der Waals surface area (Å²) in [5, 5.41) is 10.2. The number of aryl methyl sites for hydroxylation is 1. The average molecular weight is 472 g/mol. The van der Waals surface area contributed by atoms with Crippen LogP contribution >= 0.6 is 0 Å². The summed E-state index contributed by atoms with van der Waals surface area (Å²) in [5.74, 6) is 0.182. The van der Waals surface area contributed by atoms with Gasteiger partial charge in [0.15, 0.2) is 0 Å². The smallest absolute Gasteiger partial charge is 0.338 e. The molecular weight excluding hydrogens is 438 g/mol. The second-order valence-electron chi connectivity index (χ2n) is 7.98. The monoisotopic (exact) mass is 471 g/mol. The van der Waals surface area contributed by atoms with Gasteiger partial charge in [0.2, 0.25) is 0 Å². The lowest BCUT2D eigenvalue weighted by Gasteiger charge is -2.31. The molecule has 0 aliphatic carbocycles. The summed E-state index contributed by atoms with van der Waals surface area (Å²) < 4.78 is 17.9. The number of esters is 1. The summed E-state index contributed by atoms with van der Waals surface area (Å²) in [6.07, 6.45) is 1.93. The number of benzene rings is 1. The van der Waals surface area contributed by atoms with E-state index in [9.17, 15) is 9.59 Å². The number of methoxy groups -OCH3 is 2. The van der Waals surface area contributed by atoms with Gasteiger partial charge in [-0.25, -0.2) is 9.59 Å². The van der Waals surface area contributed by atoms with Crippen LogP contribution in [0.15, 0.2) is 41.7 Å². The zero-order chi connectivity index (χ0) is 24.7. The molecule has 0 radical (unpaired) electrons. The molecule has 184 valence electrons. The Morgan fingerprint density at radius 2 is 2.00 bits per heavy atom. The van der Waals surface area contributed by atoms with Crippen LogP contribution in [0.3, 0.4) is 0 Å². The van der Waals surface area contributed by atoms with Gasteiger partial charge in [-0.2, -0.15) is 5.10 Å². The number of hydrogen-bond acceptors (Lipinski definition) is 7. The van der Waals surface area contributed by atoms with Crippen molar-refractivity contribution in [2.45, 2.75) is 39.6 Å². The summed E-state index contributed by atoms with van der Waals surface area (Å²) >= 11 is 0. The number of hydrogen-bond donors (Lipinski definition) is 2. The quantitative estimate of drug-likeness (QED) is 0.485. The topological polar surface area (TPSA) is 107 Å². The van der Waals surface area contributed by atoms with Crippen LogP contribution in [0.1, 0.15) is 36.7 Å². The molecule has 1 aliphatic rings. The molecule has 2 N–H and O–H groups in total. The van der Waals surface area contributed by atoms with Gasteiger partial charge in [0.05, 0.1) is 37.6 Å². The van der Waals surface area contributed by atoms with Gasteiger partial charge in [0.25, 0.3) is 0 Å². The normalized spacial score (nSPS) is 15.8. The lowest BCUT2D eigenvalue weighted by Crippen LogP contribution is -2.48. The van der Waals surface area contributed by atoms with Crippen molar-refractivity contribution in [1.29, 1.82) is 0 Å². The molecule has 34 heavy (non-hydrogen) atoms. The van der Waals surface area contributed by atoms with E-state index in [4.69, 9.17) is 14.2 Å². The minimum Gasteiger partial charge on any atom is -0.496 e. The molecule has 1 aliphatic heterocycles. The van der Waals surface area contributed by atoms with Crippen LogP contribution in [0, 0.1) is 0 Å². The van der Waals surface area contributed by atoms with Crippen molar-refractivity contribution in [2.24, 2.45) is 0 Å². The predicted octanol–water partition coefficient (Wildman–Crippen LogP) is 2.36. The number of carbonyl (C=O) groups excluding carboxylic acids is 2. The van der Waals surface area contributed by atoms with Crippen molar-refractivity contribution >= 4 is 12.0 Å². The molecule has 2 aromatic rings. The van der Waals surface area contributed by atoms with E-state index in [-0.39, 0.29) is 12.6 Å². The Bertz CT molecular complexity index is 1050. The van der Waals surface area contributed by atoms with Crippen molar-refractivity contribution in [3.8, 4) is 5.75 Å². The number of aromatic nitrogens is 2. The predicted molar refractivity (Wildman–Crippen MR) is 126 cm³/mol. The third kappa shape index (κ3) is 5.95. The maximum atomic E-state index is 13.1. The number of carbonyl (C=O) groups is 2. The van der Waals surface area contributed by atoms with Gasteiger partial charge in [-0.15, -0.1) is 0 Å². The van der Waals surface area contributed by atoms with Gasteiger partial charge in [0, 0.05) is 44.2 Å². The highest BCUT2D eigenvalue weighted by Gasteiger charge is 2.34. The maximum Gasteiger partial charge on any atom is 0.338 e. The van der Waals surface area contributed by atoms with Crippen LogP contribution in [-0.2, 0) is 34.0 Å². The highest BCUT2D eigenvalue weighted by Crippen LogP contribution is 2.31. The largest absolute Gasteiger partial charge is 0.496 e. The van der Waals surface area contributed by atoms with Crippen molar-refractivity contribution in [2.75, 3.05) is 34.4 Å². The summed E-state index contributed by atoms with van der Waals surface area (Å²) in [7, 11) is 5.09. The lowest BCUT2D eigenvalue weighted by molar-refractivity contribution is -0.139. The second-order valence-corrected chi connectivity index (χ2v) is 7.98. The molecule has 0 saturated carbocycles.